The molecule has 0 bridgehead atoms. The SMILES string of the molecule is CC1CC(C)CN(S(=O)(=O)c2cccc(C(=O)NCCCS(=O)(=O)c3ccccc3)c2)C1. The van der Waals surface area contributed by atoms with E-state index in [1.807, 2.05) is 13.8 Å². The largest absolute Gasteiger partial charge is 0.352 e. The molecule has 7 nitrogen and oxygen atoms in total. The molecule has 1 heterocycles. The van der Waals surface area contributed by atoms with Gasteiger partial charge in [-0.05, 0) is 55.0 Å². The van der Waals surface area contributed by atoms with Crippen LogP contribution in [0.5, 0.6) is 0 Å². The van der Waals surface area contributed by atoms with Crippen LogP contribution in [0.4, 0.5) is 0 Å². The summed E-state index contributed by atoms with van der Waals surface area (Å²) in [7, 11) is -7.09. The Kier molecular flexibility index (Phi) is 7.74. The minimum Gasteiger partial charge on any atom is -0.352 e. The molecule has 0 radical (unpaired) electrons. The van der Waals surface area contributed by atoms with Gasteiger partial charge in [-0.2, -0.15) is 4.31 Å². The van der Waals surface area contributed by atoms with Crippen LogP contribution in [0.2, 0.25) is 0 Å². The number of hydrogen-bond donors (Lipinski definition) is 1. The van der Waals surface area contributed by atoms with Gasteiger partial charge in [0.1, 0.15) is 0 Å². The molecule has 1 saturated heterocycles. The van der Waals surface area contributed by atoms with Crippen LogP contribution >= 0.6 is 0 Å². The quantitative estimate of drug-likeness (QED) is 0.588. The standard InChI is InChI=1S/C23H30N2O5S2/c1-18-14-19(2)17-25(16-18)32(29,30)22-11-6-8-20(15-22)23(26)24-12-7-13-31(27,28)21-9-4-3-5-10-21/h3-6,8-11,15,18-19H,7,12-14,16-17H2,1-2H3,(H,24,26). The molecule has 0 spiro atoms. The number of rotatable bonds is 8. The van der Waals surface area contributed by atoms with Crippen molar-refractivity contribution in [2.24, 2.45) is 11.8 Å². The average molecular weight is 479 g/mol. The van der Waals surface area contributed by atoms with Gasteiger partial charge in [-0.3, -0.25) is 4.79 Å². The summed E-state index contributed by atoms with van der Waals surface area (Å²) >= 11 is 0. The first kappa shape index (κ1) is 24.4. The molecule has 9 heteroatoms. The molecule has 2 unspecified atom stereocenters. The van der Waals surface area contributed by atoms with Gasteiger partial charge in [-0.1, -0.05) is 38.1 Å². The Bertz CT molecular complexity index is 1140. The first-order valence-corrected chi connectivity index (χ1v) is 13.8. The molecule has 2 aromatic rings. The second-order valence-corrected chi connectivity index (χ2v) is 12.6. The molecule has 2 atom stereocenters. The van der Waals surface area contributed by atoms with Gasteiger partial charge in [0.25, 0.3) is 5.91 Å². The Morgan fingerprint density at radius 2 is 1.56 bits per heavy atom. The molecule has 0 aliphatic carbocycles. The van der Waals surface area contributed by atoms with Crippen LogP contribution in [-0.4, -0.2) is 52.4 Å². The minimum atomic E-state index is -3.69. The third-order valence-electron chi connectivity index (χ3n) is 5.55. The van der Waals surface area contributed by atoms with E-state index in [4.69, 9.17) is 0 Å². The lowest BCUT2D eigenvalue weighted by atomic mass is 9.94. The Morgan fingerprint density at radius 3 is 2.22 bits per heavy atom. The van der Waals surface area contributed by atoms with Gasteiger partial charge in [0, 0.05) is 25.2 Å². The van der Waals surface area contributed by atoms with E-state index in [0.717, 1.165) is 6.42 Å². The summed E-state index contributed by atoms with van der Waals surface area (Å²) in [6.07, 6.45) is 1.25. The van der Waals surface area contributed by atoms with E-state index in [1.54, 1.807) is 42.5 Å². The maximum Gasteiger partial charge on any atom is 0.251 e. The summed E-state index contributed by atoms with van der Waals surface area (Å²) in [5, 5.41) is 2.68. The fourth-order valence-corrected chi connectivity index (χ4v) is 7.12. The summed E-state index contributed by atoms with van der Waals surface area (Å²) < 4.78 is 52.3. The maximum absolute atomic E-state index is 13.1. The van der Waals surface area contributed by atoms with E-state index < -0.39 is 25.8 Å². The van der Waals surface area contributed by atoms with Crippen molar-refractivity contribution in [3.8, 4) is 0 Å². The van der Waals surface area contributed by atoms with Crippen molar-refractivity contribution in [1.29, 1.82) is 0 Å². The van der Waals surface area contributed by atoms with Gasteiger partial charge in [0.2, 0.25) is 10.0 Å². The summed E-state index contributed by atoms with van der Waals surface area (Å²) in [6, 6.07) is 14.2. The molecule has 32 heavy (non-hydrogen) atoms. The fourth-order valence-electron chi connectivity index (χ4n) is 4.06. The predicted molar refractivity (Wildman–Crippen MR) is 124 cm³/mol. The van der Waals surface area contributed by atoms with E-state index in [9.17, 15) is 21.6 Å². The molecular weight excluding hydrogens is 448 g/mol. The van der Waals surface area contributed by atoms with Gasteiger partial charge in [0.15, 0.2) is 9.84 Å². The summed E-state index contributed by atoms with van der Waals surface area (Å²) in [5.74, 6) is 0.0516. The lowest BCUT2D eigenvalue weighted by molar-refractivity contribution is 0.0953. The normalized spacial score (nSPS) is 20.1. The molecule has 3 rings (SSSR count). The van der Waals surface area contributed by atoms with E-state index in [-0.39, 0.29) is 45.9 Å². The zero-order valence-electron chi connectivity index (χ0n) is 18.4. The van der Waals surface area contributed by atoms with E-state index >= 15 is 0 Å². The smallest absolute Gasteiger partial charge is 0.251 e. The molecule has 174 valence electrons. The third kappa shape index (κ3) is 5.96. The molecule has 0 saturated carbocycles. The number of carbonyl (C=O) groups excluding carboxylic acids is 1. The lowest BCUT2D eigenvalue weighted by Gasteiger charge is -2.34. The van der Waals surface area contributed by atoms with Crippen molar-refractivity contribution in [1.82, 2.24) is 9.62 Å². The highest BCUT2D eigenvalue weighted by Crippen LogP contribution is 2.27. The van der Waals surface area contributed by atoms with Gasteiger partial charge in [-0.15, -0.1) is 0 Å². The van der Waals surface area contributed by atoms with Crippen LogP contribution in [0.1, 0.15) is 37.0 Å². The Labute approximate surface area is 190 Å². The number of carbonyl (C=O) groups is 1. The Morgan fingerprint density at radius 1 is 0.938 bits per heavy atom. The lowest BCUT2D eigenvalue weighted by Crippen LogP contribution is -2.42. The van der Waals surface area contributed by atoms with Gasteiger partial charge >= 0.3 is 0 Å². The second kappa shape index (κ2) is 10.1. The molecule has 0 aromatic heterocycles. The summed E-state index contributed by atoms with van der Waals surface area (Å²) in [4.78, 5) is 12.9. The second-order valence-electron chi connectivity index (χ2n) is 8.54. The molecule has 1 N–H and O–H groups in total. The number of piperidine rings is 1. The zero-order chi connectivity index (χ0) is 23.4. The van der Waals surface area contributed by atoms with Crippen molar-refractivity contribution in [2.75, 3.05) is 25.4 Å². The van der Waals surface area contributed by atoms with Gasteiger partial charge < -0.3 is 5.32 Å². The molecule has 2 aromatic carbocycles. The third-order valence-corrected chi connectivity index (χ3v) is 9.19. The Balaban J connectivity index is 1.60. The number of nitrogens with zero attached hydrogens (tertiary/aromatic N) is 1. The first-order valence-electron chi connectivity index (χ1n) is 10.8. The van der Waals surface area contributed by atoms with Crippen molar-refractivity contribution in [3.63, 3.8) is 0 Å². The van der Waals surface area contributed by atoms with Crippen LogP contribution in [-0.2, 0) is 19.9 Å². The minimum absolute atomic E-state index is 0.0863. The highest BCUT2D eigenvalue weighted by molar-refractivity contribution is 7.91. The number of amides is 1. The number of sulfone groups is 1. The number of nitrogens with one attached hydrogen (secondary N) is 1. The first-order chi connectivity index (χ1) is 15.1. The zero-order valence-corrected chi connectivity index (χ0v) is 20.0. The van der Waals surface area contributed by atoms with Crippen molar-refractivity contribution < 1.29 is 21.6 Å². The summed E-state index contributed by atoms with van der Waals surface area (Å²) in [6.45, 7) is 5.20. The van der Waals surface area contributed by atoms with E-state index in [1.165, 1.54) is 16.4 Å². The van der Waals surface area contributed by atoms with Crippen LogP contribution in [0.25, 0.3) is 0 Å². The molecule has 1 aliphatic heterocycles. The van der Waals surface area contributed by atoms with Crippen LogP contribution in [0.3, 0.4) is 0 Å². The number of sulfonamides is 1. The number of hydrogen-bond acceptors (Lipinski definition) is 5. The van der Waals surface area contributed by atoms with E-state index in [0.29, 0.717) is 13.1 Å². The number of benzene rings is 2. The van der Waals surface area contributed by atoms with Gasteiger partial charge in [0.05, 0.1) is 15.5 Å². The van der Waals surface area contributed by atoms with Crippen LogP contribution in [0.15, 0.2) is 64.4 Å². The summed E-state index contributed by atoms with van der Waals surface area (Å²) in [5.41, 5.74) is 0.232. The maximum atomic E-state index is 13.1. The van der Waals surface area contributed by atoms with Crippen molar-refractivity contribution in [2.45, 2.75) is 36.5 Å². The molecular formula is C23H30N2O5S2. The average Bonchev–Trinajstić information content (AvgIpc) is 2.76. The topological polar surface area (TPSA) is 101 Å². The van der Waals surface area contributed by atoms with Crippen LogP contribution < -0.4 is 5.32 Å². The highest BCUT2D eigenvalue weighted by atomic mass is 32.2. The fraction of sp³-hybridized carbons (Fsp3) is 0.435. The van der Waals surface area contributed by atoms with Crippen molar-refractivity contribution in [3.05, 3.63) is 60.2 Å². The van der Waals surface area contributed by atoms with Gasteiger partial charge in [-0.25, -0.2) is 16.8 Å². The highest BCUT2D eigenvalue weighted by Gasteiger charge is 2.32. The molecule has 1 amide bonds. The van der Waals surface area contributed by atoms with E-state index in [2.05, 4.69) is 5.32 Å². The molecule has 1 fully saturated rings. The molecule has 1 aliphatic rings. The monoisotopic (exact) mass is 478 g/mol. The van der Waals surface area contributed by atoms with Crippen LogP contribution in [0, 0.1) is 11.8 Å². The van der Waals surface area contributed by atoms with Crippen molar-refractivity contribution >= 4 is 25.8 Å². The Hall–Kier alpha value is -2.23. The predicted octanol–water partition coefficient (Wildman–Crippen LogP) is 2.95.